The van der Waals surface area contributed by atoms with Crippen molar-refractivity contribution in [3.63, 3.8) is 0 Å². The Bertz CT molecular complexity index is 595. The fraction of sp³-hybridized carbons (Fsp3) is 0.913. The van der Waals surface area contributed by atoms with Gasteiger partial charge in [0.15, 0.2) is 5.96 Å². The molecule has 2 N–H and O–H groups in total. The molecule has 9 heteroatoms. The summed E-state index contributed by atoms with van der Waals surface area (Å²) < 4.78 is 11.6. The monoisotopic (exact) mass is 567 g/mol. The number of hydrogen-bond donors (Lipinski definition) is 2. The number of hydrogen-bond acceptors (Lipinski definition) is 5. The number of amides is 1. The predicted octanol–water partition coefficient (Wildman–Crippen LogP) is 3.16. The van der Waals surface area contributed by atoms with Crippen molar-refractivity contribution in [2.45, 2.75) is 66.1 Å². The van der Waals surface area contributed by atoms with E-state index in [1.165, 1.54) is 6.42 Å². The van der Waals surface area contributed by atoms with E-state index in [1.54, 1.807) is 4.90 Å². The highest BCUT2D eigenvalue weighted by Gasteiger charge is 2.35. The Morgan fingerprint density at radius 3 is 2.31 bits per heavy atom. The number of halogens is 1. The number of nitrogens with zero attached hydrogens (tertiary/aromatic N) is 3. The van der Waals surface area contributed by atoms with Gasteiger partial charge in [0.1, 0.15) is 5.60 Å². The number of nitrogens with one attached hydrogen (secondary N) is 2. The maximum atomic E-state index is 12.2. The molecule has 0 bridgehead atoms. The highest BCUT2D eigenvalue weighted by molar-refractivity contribution is 14.0. The molecular formula is C23H46IN5O3. The SMILES string of the molecule is CN=C(NCCN1CCN(C(=O)OC(C)(C)C)CC1)NCC1CCCOC1C(C)(C)C.I. The van der Waals surface area contributed by atoms with Crippen LogP contribution in [0.3, 0.4) is 0 Å². The van der Waals surface area contributed by atoms with Gasteiger partial charge < -0.3 is 25.0 Å². The zero-order chi connectivity index (χ0) is 23.1. The molecule has 8 nitrogen and oxygen atoms in total. The Labute approximate surface area is 212 Å². The van der Waals surface area contributed by atoms with Crippen molar-refractivity contribution in [2.75, 3.05) is 59.5 Å². The molecule has 0 aromatic rings. The molecule has 0 radical (unpaired) electrons. The molecule has 2 rings (SSSR count). The van der Waals surface area contributed by atoms with Crippen LogP contribution in [-0.4, -0.2) is 93.0 Å². The lowest BCUT2D eigenvalue weighted by Crippen LogP contribution is -2.52. The summed E-state index contributed by atoms with van der Waals surface area (Å²) in [5.74, 6) is 1.33. The molecule has 2 fully saturated rings. The summed E-state index contributed by atoms with van der Waals surface area (Å²) in [6.07, 6.45) is 2.37. The zero-order valence-electron chi connectivity index (χ0n) is 21.2. The van der Waals surface area contributed by atoms with Crippen molar-refractivity contribution in [2.24, 2.45) is 16.3 Å². The molecule has 32 heavy (non-hydrogen) atoms. The van der Waals surface area contributed by atoms with Crippen LogP contribution in [0.25, 0.3) is 0 Å². The highest BCUT2D eigenvalue weighted by atomic mass is 127. The smallest absolute Gasteiger partial charge is 0.410 e. The van der Waals surface area contributed by atoms with Gasteiger partial charge in [0.05, 0.1) is 6.10 Å². The van der Waals surface area contributed by atoms with E-state index >= 15 is 0 Å². The first-order valence-electron chi connectivity index (χ1n) is 11.8. The van der Waals surface area contributed by atoms with Crippen LogP contribution < -0.4 is 10.6 Å². The van der Waals surface area contributed by atoms with Crippen LogP contribution in [0.15, 0.2) is 4.99 Å². The molecule has 0 aromatic heterocycles. The second-order valence-corrected chi connectivity index (χ2v) is 10.7. The Morgan fingerprint density at radius 2 is 1.75 bits per heavy atom. The van der Waals surface area contributed by atoms with Crippen LogP contribution in [0, 0.1) is 11.3 Å². The molecule has 2 aliphatic heterocycles. The molecule has 1 amide bonds. The van der Waals surface area contributed by atoms with Crippen molar-refractivity contribution in [1.29, 1.82) is 0 Å². The molecule has 0 aromatic carbocycles. The second kappa shape index (κ2) is 13.2. The average molecular weight is 568 g/mol. The van der Waals surface area contributed by atoms with Crippen LogP contribution in [0.5, 0.6) is 0 Å². The van der Waals surface area contributed by atoms with E-state index < -0.39 is 5.60 Å². The van der Waals surface area contributed by atoms with E-state index in [9.17, 15) is 4.79 Å². The number of piperazine rings is 1. The zero-order valence-corrected chi connectivity index (χ0v) is 23.5. The molecule has 2 unspecified atom stereocenters. The van der Waals surface area contributed by atoms with Gasteiger partial charge in [0, 0.05) is 65.4 Å². The van der Waals surface area contributed by atoms with E-state index in [2.05, 4.69) is 41.3 Å². The molecule has 0 aliphatic carbocycles. The summed E-state index contributed by atoms with van der Waals surface area (Å²) in [7, 11) is 1.81. The number of rotatable bonds is 5. The Balaban J connectivity index is 0.00000512. The van der Waals surface area contributed by atoms with Gasteiger partial charge in [-0.2, -0.15) is 0 Å². The van der Waals surface area contributed by atoms with E-state index in [0.29, 0.717) is 19.0 Å². The second-order valence-electron chi connectivity index (χ2n) is 10.7. The summed E-state index contributed by atoms with van der Waals surface area (Å²) >= 11 is 0. The third kappa shape index (κ3) is 9.99. The summed E-state index contributed by atoms with van der Waals surface area (Å²) in [4.78, 5) is 20.7. The van der Waals surface area contributed by atoms with Crippen molar-refractivity contribution in [1.82, 2.24) is 20.4 Å². The first-order chi connectivity index (χ1) is 14.5. The number of carbonyl (C=O) groups excluding carboxylic acids is 1. The Hall–Kier alpha value is -0.810. The topological polar surface area (TPSA) is 78.4 Å². The predicted molar refractivity (Wildman–Crippen MR) is 141 cm³/mol. The van der Waals surface area contributed by atoms with Crippen LogP contribution in [0.2, 0.25) is 0 Å². The minimum atomic E-state index is -0.447. The molecule has 0 spiro atoms. The minimum Gasteiger partial charge on any atom is -0.444 e. The van der Waals surface area contributed by atoms with Gasteiger partial charge in [0.2, 0.25) is 0 Å². The molecule has 2 aliphatic rings. The lowest BCUT2D eigenvalue weighted by molar-refractivity contribution is -0.0835. The van der Waals surface area contributed by atoms with Crippen molar-refractivity contribution in [3.05, 3.63) is 0 Å². The van der Waals surface area contributed by atoms with Crippen molar-refractivity contribution >= 4 is 36.0 Å². The van der Waals surface area contributed by atoms with E-state index in [-0.39, 0.29) is 41.6 Å². The van der Waals surface area contributed by atoms with Crippen molar-refractivity contribution in [3.8, 4) is 0 Å². The molecule has 2 atom stereocenters. The van der Waals surface area contributed by atoms with E-state index in [0.717, 1.165) is 51.7 Å². The summed E-state index contributed by atoms with van der Waals surface area (Å²) in [6.45, 7) is 19.1. The lowest BCUT2D eigenvalue weighted by Gasteiger charge is -2.40. The number of aliphatic imine (C=N–C) groups is 1. The van der Waals surface area contributed by atoms with Crippen LogP contribution in [-0.2, 0) is 9.47 Å². The van der Waals surface area contributed by atoms with E-state index in [4.69, 9.17) is 9.47 Å². The van der Waals surface area contributed by atoms with Crippen molar-refractivity contribution < 1.29 is 14.3 Å². The summed E-state index contributed by atoms with van der Waals surface area (Å²) in [5, 5.41) is 6.92. The first kappa shape index (κ1) is 29.2. The lowest BCUT2D eigenvalue weighted by atomic mass is 9.78. The van der Waals surface area contributed by atoms with Gasteiger partial charge in [-0.15, -0.1) is 24.0 Å². The molecule has 2 saturated heterocycles. The third-order valence-corrected chi connectivity index (χ3v) is 5.80. The van der Waals surface area contributed by atoms with Gasteiger partial charge in [-0.05, 0) is 39.0 Å². The molecule has 2 heterocycles. The fourth-order valence-corrected chi connectivity index (χ4v) is 4.27. The van der Waals surface area contributed by atoms with Gasteiger partial charge >= 0.3 is 6.09 Å². The minimum absolute atomic E-state index is 0. The van der Waals surface area contributed by atoms with Gasteiger partial charge in [0.25, 0.3) is 0 Å². The largest absolute Gasteiger partial charge is 0.444 e. The maximum Gasteiger partial charge on any atom is 0.410 e. The number of guanidine groups is 1. The summed E-state index contributed by atoms with van der Waals surface area (Å²) in [6, 6.07) is 0. The normalized spacial score (nSPS) is 23.3. The van der Waals surface area contributed by atoms with Gasteiger partial charge in [-0.25, -0.2) is 4.79 Å². The van der Waals surface area contributed by atoms with Crippen LogP contribution >= 0.6 is 24.0 Å². The van der Waals surface area contributed by atoms with Gasteiger partial charge in [-0.3, -0.25) is 9.89 Å². The standard InChI is InChI=1S/C23H45N5O3.HI/c1-22(2,3)19-18(9-8-16-30-19)17-26-20(24-7)25-10-11-27-12-14-28(15-13-27)21(29)31-23(4,5)6;/h18-19H,8-17H2,1-7H3,(H2,24,25,26);1H. The quantitative estimate of drug-likeness (QED) is 0.302. The first-order valence-corrected chi connectivity index (χ1v) is 11.8. The van der Waals surface area contributed by atoms with Crippen LogP contribution in [0.1, 0.15) is 54.4 Å². The molecular weight excluding hydrogens is 521 g/mol. The highest BCUT2D eigenvalue weighted by Crippen LogP contribution is 2.33. The number of carbonyl (C=O) groups is 1. The van der Waals surface area contributed by atoms with Crippen LogP contribution in [0.4, 0.5) is 4.79 Å². The fourth-order valence-electron chi connectivity index (χ4n) is 4.27. The molecule has 0 saturated carbocycles. The van der Waals surface area contributed by atoms with E-state index in [1.807, 2.05) is 27.8 Å². The average Bonchev–Trinajstić information content (AvgIpc) is 2.69. The third-order valence-electron chi connectivity index (χ3n) is 5.80. The number of ether oxygens (including phenoxy) is 2. The maximum absolute atomic E-state index is 12.2. The molecule has 188 valence electrons. The van der Waals surface area contributed by atoms with Gasteiger partial charge in [-0.1, -0.05) is 20.8 Å². The summed E-state index contributed by atoms with van der Waals surface area (Å²) in [5.41, 5.74) is -0.303. The Kier molecular flexibility index (Phi) is 12.0. The Morgan fingerprint density at radius 1 is 1.09 bits per heavy atom.